The molecular formula is C26H32Cl2N2O4. The molecule has 2 amide bonds. The normalized spacial score (nSPS) is 13.5. The first kappa shape index (κ1) is 26.2. The summed E-state index contributed by atoms with van der Waals surface area (Å²) in [7, 11) is 0. The number of amides is 2. The molecule has 1 heterocycles. The van der Waals surface area contributed by atoms with Crippen LogP contribution in [0.25, 0.3) is 0 Å². The second-order valence-electron chi connectivity index (χ2n) is 8.76. The Labute approximate surface area is 211 Å². The van der Waals surface area contributed by atoms with E-state index in [-0.39, 0.29) is 24.8 Å². The minimum absolute atomic E-state index is 0.141. The molecule has 0 spiro atoms. The van der Waals surface area contributed by atoms with E-state index in [1.54, 1.807) is 23.1 Å². The van der Waals surface area contributed by atoms with Gasteiger partial charge in [-0.15, -0.1) is 0 Å². The van der Waals surface area contributed by atoms with Crippen LogP contribution in [0.3, 0.4) is 0 Å². The molecule has 0 aliphatic carbocycles. The lowest BCUT2D eigenvalue weighted by Gasteiger charge is -2.31. The van der Waals surface area contributed by atoms with Gasteiger partial charge in [-0.2, -0.15) is 0 Å². The van der Waals surface area contributed by atoms with E-state index in [2.05, 4.69) is 5.32 Å². The highest BCUT2D eigenvalue weighted by atomic mass is 35.5. The van der Waals surface area contributed by atoms with Crippen molar-refractivity contribution in [3.8, 4) is 11.5 Å². The largest absolute Gasteiger partial charge is 0.486 e. The Bertz CT molecular complexity index is 992. The highest BCUT2D eigenvalue weighted by Crippen LogP contribution is 2.31. The maximum Gasteiger partial charge on any atom is 0.242 e. The summed E-state index contributed by atoms with van der Waals surface area (Å²) in [6, 6.07) is 10.3. The molecule has 0 saturated heterocycles. The van der Waals surface area contributed by atoms with Crippen molar-refractivity contribution in [2.45, 2.75) is 52.6 Å². The number of carbonyl (C=O) groups is 2. The third-order valence-electron chi connectivity index (χ3n) is 5.69. The number of hydrogen-bond acceptors (Lipinski definition) is 4. The quantitative estimate of drug-likeness (QED) is 0.476. The first-order valence-corrected chi connectivity index (χ1v) is 12.4. The van der Waals surface area contributed by atoms with Crippen LogP contribution in [0.5, 0.6) is 11.5 Å². The molecule has 6 nitrogen and oxygen atoms in total. The zero-order chi connectivity index (χ0) is 24.7. The molecule has 0 bridgehead atoms. The van der Waals surface area contributed by atoms with Crippen molar-refractivity contribution in [2.75, 3.05) is 19.8 Å². The summed E-state index contributed by atoms with van der Waals surface area (Å²) >= 11 is 12.8. The van der Waals surface area contributed by atoms with Crippen molar-refractivity contribution in [2.24, 2.45) is 5.92 Å². The first-order valence-electron chi connectivity index (χ1n) is 11.7. The maximum absolute atomic E-state index is 13.5. The Morgan fingerprint density at radius 3 is 2.38 bits per heavy atom. The molecule has 0 radical (unpaired) electrons. The Hall–Kier alpha value is -2.44. The number of rotatable bonds is 10. The summed E-state index contributed by atoms with van der Waals surface area (Å²) in [5.41, 5.74) is 1.60. The van der Waals surface area contributed by atoms with E-state index in [0.717, 1.165) is 5.56 Å². The second kappa shape index (κ2) is 12.3. The van der Waals surface area contributed by atoms with E-state index in [1.165, 1.54) is 0 Å². The first-order chi connectivity index (χ1) is 16.3. The number of aryl methyl sites for hydroxylation is 1. The molecule has 0 saturated carbocycles. The minimum Gasteiger partial charge on any atom is -0.486 e. The fraction of sp³-hybridized carbons (Fsp3) is 0.462. The molecular weight excluding hydrogens is 475 g/mol. The van der Waals surface area contributed by atoms with Crippen LogP contribution in [0.1, 0.15) is 44.7 Å². The summed E-state index contributed by atoms with van der Waals surface area (Å²) in [5, 5.41) is 3.90. The monoisotopic (exact) mass is 506 g/mol. The molecule has 1 N–H and O–H groups in total. The molecule has 1 aliphatic heterocycles. The average molecular weight is 507 g/mol. The van der Waals surface area contributed by atoms with E-state index in [4.69, 9.17) is 32.7 Å². The number of fused-ring (bicyclic) bond motifs is 1. The van der Waals surface area contributed by atoms with Crippen LogP contribution in [0, 0.1) is 5.92 Å². The molecule has 0 fully saturated rings. The number of nitrogens with one attached hydrogen (secondary N) is 1. The van der Waals surface area contributed by atoms with Crippen molar-refractivity contribution in [1.29, 1.82) is 0 Å². The molecule has 8 heteroatoms. The van der Waals surface area contributed by atoms with Gasteiger partial charge in [0.25, 0.3) is 0 Å². The Morgan fingerprint density at radius 1 is 1.06 bits per heavy atom. The van der Waals surface area contributed by atoms with Gasteiger partial charge in [0.2, 0.25) is 11.8 Å². The van der Waals surface area contributed by atoms with Crippen molar-refractivity contribution in [3.05, 3.63) is 57.6 Å². The van der Waals surface area contributed by atoms with Gasteiger partial charge in [0, 0.05) is 35.1 Å². The van der Waals surface area contributed by atoms with Gasteiger partial charge in [0.05, 0.1) is 0 Å². The molecule has 0 aromatic heterocycles. The SMILES string of the molecule is CC[C@H](C(=O)NCC(C)C)N(Cc1c(Cl)cccc1Cl)C(=O)CCc1ccc2c(c1)OCCO2. The van der Waals surface area contributed by atoms with Crippen LogP contribution < -0.4 is 14.8 Å². The van der Waals surface area contributed by atoms with Gasteiger partial charge >= 0.3 is 0 Å². The van der Waals surface area contributed by atoms with Crippen molar-refractivity contribution in [1.82, 2.24) is 10.2 Å². The summed E-state index contributed by atoms with van der Waals surface area (Å²) in [4.78, 5) is 28.1. The zero-order valence-electron chi connectivity index (χ0n) is 19.9. The van der Waals surface area contributed by atoms with E-state index in [9.17, 15) is 9.59 Å². The number of nitrogens with zero attached hydrogens (tertiary/aromatic N) is 1. The Balaban J connectivity index is 1.79. The molecule has 1 atom stereocenters. The van der Waals surface area contributed by atoms with E-state index in [0.29, 0.717) is 65.6 Å². The van der Waals surface area contributed by atoms with Crippen LogP contribution in [-0.2, 0) is 22.6 Å². The lowest BCUT2D eigenvalue weighted by molar-refractivity contribution is -0.141. The number of carbonyl (C=O) groups excluding carboxylic acids is 2. The lowest BCUT2D eigenvalue weighted by atomic mass is 10.1. The van der Waals surface area contributed by atoms with Crippen molar-refractivity contribution >= 4 is 35.0 Å². The zero-order valence-corrected chi connectivity index (χ0v) is 21.4. The summed E-state index contributed by atoms with van der Waals surface area (Å²) < 4.78 is 11.2. The highest BCUT2D eigenvalue weighted by molar-refractivity contribution is 6.36. The fourth-order valence-corrected chi connectivity index (χ4v) is 4.35. The number of halogens is 2. The molecule has 184 valence electrons. The number of benzene rings is 2. The Kier molecular flexibility index (Phi) is 9.48. The smallest absolute Gasteiger partial charge is 0.242 e. The summed E-state index contributed by atoms with van der Waals surface area (Å²) in [6.07, 6.45) is 1.21. The van der Waals surface area contributed by atoms with Crippen LogP contribution >= 0.6 is 23.2 Å². The number of ether oxygens (including phenoxy) is 2. The van der Waals surface area contributed by atoms with E-state index >= 15 is 0 Å². The van der Waals surface area contributed by atoms with Crippen LogP contribution in [-0.4, -0.2) is 42.5 Å². The highest BCUT2D eigenvalue weighted by Gasteiger charge is 2.29. The van der Waals surface area contributed by atoms with Gasteiger partial charge in [-0.25, -0.2) is 0 Å². The van der Waals surface area contributed by atoms with E-state index < -0.39 is 6.04 Å². The minimum atomic E-state index is -0.626. The summed E-state index contributed by atoms with van der Waals surface area (Å²) in [6.45, 7) is 7.69. The van der Waals surface area contributed by atoms with Gasteiger partial charge in [0.15, 0.2) is 11.5 Å². The predicted molar refractivity (Wildman–Crippen MR) is 135 cm³/mol. The van der Waals surface area contributed by atoms with Crippen molar-refractivity contribution < 1.29 is 19.1 Å². The summed E-state index contributed by atoms with van der Waals surface area (Å²) in [5.74, 6) is 1.39. The topological polar surface area (TPSA) is 67.9 Å². The van der Waals surface area contributed by atoms with Crippen molar-refractivity contribution in [3.63, 3.8) is 0 Å². The third kappa shape index (κ3) is 6.80. The standard InChI is InChI=1S/C26H32Cl2N2O4/c1-4-22(26(32)29-15-17(2)3)30(16-19-20(27)6-5-7-21(19)28)25(31)11-9-18-8-10-23-24(14-18)34-13-12-33-23/h5-8,10,14,17,22H,4,9,11-13,15-16H2,1-3H3,(H,29,32)/t22-/m1/s1. The van der Waals surface area contributed by atoms with Gasteiger partial charge in [-0.3, -0.25) is 9.59 Å². The molecule has 0 unspecified atom stereocenters. The Morgan fingerprint density at radius 2 is 1.74 bits per heavy atom. The van der Waals surface area contributed by atoms with E-state index in [1.807, 2.05) is 39.0 Å². The van der Waals surface area contributed by atoms with Gasteiger partial charge in [0.1, 0.15) is 19.3 Å². The third-order valence-corrected chi connectivity index (χ3v) is 6.40. The van der Waals surface area contributed by atoms with Crippen LogP contribution in [0.15, 0.2) is 36.4 Å². The lowest BCUT2D eigenvalue weighted by Crippen LogP contribution is -2.49. The predicted octanol–water partition coefficient (Wildman–Crippen LogP) is 5.28. The fourth-order valence-electron chi connectivity index (χ4n) is 3.83. The van der Waals surface area contributed by atoms with Gasteiger partial charge < -0.3 is 19.7 Å². The number of hydrogen-bond donors (Lipinski definition) is 1. The maximum atomic E-state index is 13.5. The average Bonchev–Trinajstić information content (AvgIpc) is 2.82. The van der Waals surface area contributed by atoms with Crippen LogP contribution in [0.4, 0.5) is 0 Å². The molecule has 2 aromatic carbocycles. The molecule has 2 aromatic rings. The molecule has 34 heavy (non-hydrogen) atoms. The van der Waals surface area contributed by atoms with Crippen LogP contribution in [0.2, 0.25) is 10.0 Å². The van der Waals surface area contributed by atoms with Gasteiger partial charge in [-0.05, 0) is 48.6 Å². The molecule has 1 aliphatic rings. The van der Waals surface area contributed by atoms with Gasteiger partial charge in [-0.1, -0.05) is 56.1 Å². The second-order valence-corrected chi connectivity index (χ2v) is 9.58. The molecule has 3 rings (SSSR count).